The summed E-state index contributed by atoms with van der Waals surface area (Å²) >= 11 is 7.74. The predicted octanol–water partition coefficient (Wildman–Crippen LogP) is 4.18. The Morgan fingerprint density at radius 3 is 2.82 bits per heavy atom. The highest BCUT2D eigenvalue weighted by Crippen LogP contribution is 2.34. The summed E-state index contributed by atoms with van der Waals surface area (Å²) in [6, 6.07) is 11.4. The first kappa shape index (κ1) is 15.5. The second-order valence-electron chi connectivity index (χ2n) is 5.35. The van der Waals surface area contributed by atoms with Gasteiger partial charge in [-0.25, -0.2) is 0 Å². The number of amides is 1. The van der Waals surface area contributed by atoms with Crippen molar-refractivity contribution < 1.29 is 9.21 Å². The number of rotatable bonds is 3. The van der Waals surface area contributed by atoms with Gasteiger partial charge >= 0.3 is 0 Å². The first-order valence-corrected chi connectivity index (χ1v) is 8.82. The minimum atomic E-state index is 0.183. The third-order valence-electron chi connectivity index (χ3n) is 3.82. The molecule has 1 unspecified atom stereocenters. The number of thioether (sulfide) groups is 1. The minimum absolute atomic E-state index is 0.183. The molecule has 1 aromatic heterocycles. The van der Waals surface area contributed by atoms with E-state index in [0.29, 0.717) is 16.7 Å². The lowest BCUT2D eigenvalue weighted by Gasteiger charge is -2.20. The topological polar surface area (TPSA) is 33.5 Å². The van der Waals surface area contributed by atoms with Gasteiger partial charge < -0.3 is 9.32 Å². The molecule has 1 saturated heterocycles. The molecule has 0 radical (unpaired) electrons. The molecule has 5 heteroatoms. The van der Waals surface area contributed by atoms with Crippen LogP contribution in [0.2, 0.25) is 5.02 Å². The van der Waals surface area contributed by atoms with Gasteiger partial charge in [0.05, 0.1) is 17.9 Å². The summed E-state index contributed by atoms with van der Waals surface area (Å²) < 4.78 is 5.49. The van der Waals surface area contributed by atoms with E-state index in [2.05, 4.69) is 0 Å². The Bertz CT molecular complexity index is 612. The van der Waals surface area contributed by atoms with Gasteiger partial charge in [-0.1, -0.05) is 23.7 Å². The SMILES string of the molecule is O=C(Cc1ccc(Cl)cc1)N1CCSC(c2ccco2)CC1. The van der Waals surface area contributed by atoms with Crippen molar-refractivity contribution in [3.63, 3.8) is 0 Å². The fourth-order valence-electron chi connectivity index (χ4n) is 2.61. The molecule has 1 fully saturated rings. The van der Waals surface area contributed by atoms with E-state index in [9.17, 15) is 4.79 Å². The number of hydrogen-bond donors (Lipinski definition) is 0. The maximum Gasteiger partial charge on any atom is 0.227 e. The summed E-state index contributed by atoms with van der Waals surface area (Å²) in [7, 11) is 0. The van der Waals surface area contributed by atoms with Gasteiger partial charge in [0.15, 0.2) is 0 Å². The summed E-state index contributed by atoms with van der Waals surface area (Å²) in [4.78, 5) is 14.4. The summed E-state index contributed by atoms with van der Waals surface area (Å²) in [5.41, 5.74) is 1.01. The molecule has 0 saturated carbocycles. The summed E-state index contributed by atoms with van der Waals surface area (Å²) in [5.74, 6) is 2.14. The molecule has 22 heavy (non-hydrogen) atoms. The fourth-order valence-corrected chi connectivity index (χ4v) is 3.92. The highest BCUT2D eigenvalue weighted by Gasteiger charge is 2.23. The fraction of sp³-hybridized carbons (Fsp3) is 0.353. The third-order valence-corrected chi connectivity index (χ3v) is 5.36. The van der Waals surface area contributed by atoms with E-state index >= 15 is 0 Å². The maximum atomic E-state index is 12.5. The quantitative estimate of drug-likeness (QED) is 0.843. The first-order valence-electron chi connectivity index (χ1n) is 7.39. The Hall–Kier alpha value is -1.39. The average Bonchev–Trinajstić information content (AvgIpc) is 2.94. The molecule has 1 aromatic carbocycles. The van der Waals surface area contributed by atoms with Crippen molar-refractivity contribution in [2.45, 2.75) is 18.1 Å². The van der Waals surface area contributed by atoms with Gasteiger partial charge in [-0.05, 0) is 36.2 Å². The van der Waals surface area contributed by atoms with Crippen LogP contribution in [0.15, 0.2) is 47.1 Å². The Morgan fingerprint density at radius 2 is 2.09 bits per heavy atom. The summed E-state index contributed by atoms with van der Waals surface area (Å²) in [5, 5.41) is 1.05. The molecule has 3 nitrogen and oxygen atoms in total. The highest BCUT2D eigenvalue weighted by atomic mass is 35.5. The van der Waals surface area contributed by atoms with Gasteiger partial charge in [-0.2, -0.15) is 0 Å². The molecule has 0 spiro atoms. The van der Waals surface area contributed by atoms with E-state index in [1.807, 2.05) is 53.1 Å². The molecular weight excluding hydrogens is 318 g/mol. The molecule has 2 heterocycles. The van der Waals surface area contributed by atoms with E-state index in [1.165, 1.54) is 0 Å². The van der Waals surface area contributed by atoms with E-state index in [0.717, 1.165) is 36.6 Å². The van der Waals surface area contributed by atoms with Gasteiger partial charge in [0.1, 0.15) is 5.76 Å². The molecule has 2 aromatic rings. The maximum absolute atomic E-state index is 12.5. The summed E-state index contributed by atoms with van der Waals surface area (Å²) in [6.07, 6.45) is 3.09. The van der Waals surface area contributed by atoms with Crippen molar-refractivity contribution in [3.8, 4) is 0 Å². The van der Waals surface area contributed by atoms with Gasteiger partial charge in [-0.15, -0.1) is 11.8 Å². The van der Waals surface area contributed by atoms with Crippen LogP contribution in [0.3, 0.4) is 0 Å². The number of nitrogens with zero attached hydrogens (tertiary/aromatic N) is 1. The number of halogens is 1. The van der Waals surface area contributed by atoms with Crippen molar-refractivity contribution in [2.75, 3.05) is 18.8 Å². The van der Waals surface area contributed by atoms with Crippen molar-refractivity contribution in [2.24, 2.45) is 0 Å². The zero-order valence-corrected chi connectivity index (χ0v) is 13.8. The minimum Gasteiger partial charge on any atom is -0.468 e. The van der Waals surface area contributed by atoms with Gasteiger partial charge in [0.25, 0.3) is 0 Å². The smallest absolute Gasteiger partial charge is 0.227 e. The molecule has 1 amide bonds. The standard InChI is InChI=1S/C17H18ClNO2S/c18-14-5-3-13(4-6-14)12-17(20)19-8-7-16(22-11-9-19)15-2-1-10-21-15/h1-6,10,16H,7-9,11-12H2. The van der Waals surface area contributed by atoms with Crippen LogP contribution in [0.25, 0.3) is 0 Å². The van der Waals surface area contributed by atoms with Crippen molar-refractivity contribution >= 4 is 29.3 Å². The van der Waals surface area contributed by atoms with Crippen LogP contribution in [0.5, 0.6) is 0 Å². The molecule has 1 aliphatic heterocycles. The molecular formula is C17H18ClNO2S. The Morgan fingerprint density at radius 1 is 1.27 bits per heavy atom. The van der Waals surface area contributed by atoms with Crippen LogP contribution >= 0.6 is 23.4 Å². The molecule has 1 aliphatic rings. The molecule has 1 atom stereocenters. The van der Waals surface area contributed by atoms with Crippen LogP contribution < -0.4 is 0 Å². The largest absolute Gasteiger partial charge is 0.468 e. The van der Waals surface area contributed by atoms with Crippen LogP contribution in [-0.2, 0) is 11.2 Å². The average molecular weight is 336 g/mol. The van der Waals surface area contributed by atoms with Crippen LogP contribution in [0.1, 0.15) is 23.0 Å². The molecule has 0 N–H and O–H groups in total. The van der Waals surface area contributed by atoms with Gasteiger partial charge in [0.2, 0.25) is 5.91 Å². The van der Waals surface area contributed by atoms with Gasteiger partial charge in [-0.3, -0.25) is 4.79 Å². The number of benzene rings is 1. The second kappa shape index (κ2) is 7.25. The summed E-state index contributed by atoms with van der Waals surface area (Å²) in [6.45, 7) is 1.58. The highest BCUT2D eigenvalue weighted by molar-refractivity contribution is 7.99. The van der Waals surface area contributed by atoms with Crippen LogP contribution in [0, 0.1) is 0 Å². The lowest BCUT2D eigenvalue weighted by molar-refractivity contribution is -0.130. The Labute approximate surface area is 139 Å². The number of carbonyl (C=O) groups excluding carboxylic acids is 1. The van der Waals surface area contributed by atoms with Crippen LogP contribution in [0.4, 0.5) is 0 Å². The predicted molar refractivity (Wildman–Crippen MR) is 90.3 cm³/mol. The van der Waals surface area contributed by atoms with E-state index in [1.54, 1.807) is 6.26 Å². The number of furan rings is 1. The van der Waals surface area contributed by atoms with Crippen LogP contribution in [-0.4, -0.2) is 29.6 Å². The van der Waals surface area contributed by atoms with E-state index in [4.69, 9.17) is 16.0 Å². The Kier molecular flexibility index (Phi) is 5.11. The van der Waals surface area contributed by atoms with E-state index in [-0.39, 0.29) is 5.91 Å². The third kappa shape index (κ3) is 3.87. The van der Waals surface area contributed by atoms with Crippen molar-refractivity contribution in [3.05, 3.63) is 59.0 Å². The lowest BCUT2D eigenvalue weighted by atomic mass is 10.1. The zero-order valence-electron chi connectivity index (χ0n) is 12.2. The molecule has 0 bridgehead atoms. The zero-order chi connectivity index (χ0) is 15.4. The number of hydrogen-bond acceptors (Lipinski definition) is 3. The number of carbonyl (C=O) groups is 1. The second-order valence-corrected chi connectivity index (χ2v) is 7.09. The molecule has 116 valence electrons. The monoisotopic (exact) mass is 335 g/mol. The van der Waals surface area contributed by atoms with Gasteiger partial charge in [0, 0.05) is 23.9 Å². The Balaban J connectivity index is 1.58. The van der Waals surface area contributed by atoms with E-state index < -0.39 is 0 Å². The normalized spacial score (nSPS) is 19.0. The molecule has 3 rings (SSSR count). The van der Waals surface area contributed by atoms with Crippen molar-refractivity contribution in [1.29, 1.82) is 0 Å². The van der Waals surface area contributed by atoms with Crippen molar-refractivity contribution in [1.82, 2.24) is 4.90 Å². The molecule has 0 aliphatic carbocycles. The lowest BCUT2D eigenvalue weighted by Crippen LogP contribution is -2.34. The first-order chi connectivity index (χ1) is 10.7.